The summed E-state index contributed by atoms with van der Waals surface area (Å²) < 4.78 is -1.34. The summed E-state index contributed by atoms with van der Waals surface area (Å²) in [5.41, 5.74) is 8.46. The molecule has 1 aliphatic rings. The molecule has 0 amide bonds. The molecule has 1 aromatic rings. The number of halogens is 3. The SMILES string of the molecule is CCCC(C)(CCN(C(C)C(Cl)(Cl)Cl)[C@H]1C(C)=CC(C)=CC1C)C(C)c1c(C)cc(C)cc1C. The van der Waals surface area contributed by atoms with E-state index in [1.165, 1.54) is 39.8 Å². The Morgan fingerprint density at radius 1 is 0.971 bits per heavy atom. The van der Waals surface area contributed by atoms with Crippen molar-refractivity contribution in [3.63, 3.8) is 0 Å². The van der Waals surface area contributed by atoms with Crippen LogP contribution in [0.2, 0.25) is 0 Å². The van der Waals surface area contributed by atoms with Gasteiger partial charge in [-0.15, -0.1) is 0 Å². The molecular formula is C30H46Cl3N. The Hall–Kier alpha value is -0.470. The summed E-state index contributed by atoms with van der Waals surface area (Å²) in [6.45, 7) is 23.5. The maximum absolute atomic E-state index is 6.50. The molecule has 1 nitrogen and oxygen atoms in total. The summed E-state index contributed by atoms with van der Waals surface area (Å²) in [6.07, 6.45) is 8.02. The van der Waals surface area contributed by atoms with E-state index in [4.69, 9.17) is 34.8 Å². The van der Waals surface area contributed by atoms with Crippen LogP contribution in [0.5, 0.6) is 0 Å². The van der Waals surface area contributed by atoms with Crippen molar-refractivity contribution >= 4 is 34.8 Å². The lowest BCUT2D eigenvalue weighted by Crippen LogP contribution is -2.52. The summed E-state index contributed by atoms with van der Waals surface area (Å²) in [4.78, 5) is 2.46. The van der Waals surface area contributed by atoms with Crippen LogP contribution in [0.4, 0.5) is 0 Å². The molecule has 0 N–H and O–H groups in total. The van der Waals surface area contributed by atoms with Crippen molar-refractivity contribution in [1.82, 2.24) is 4.90 Å². The molecule has 1 aromatic carbocycles. The van der Waals surface area contributed by atoms with Crippen LogP contribution in [0, 0.1) is 32.1 Å². The van der Waals surface area contributed by atoms with Crippen molar-refractivity contribution in [3.8, 4) is 0 Å². The third-order valence-electron chi connectivity index (χ3n) is 8.25. The normalized spacial score (nSPS) is 22.8. The lowest BCUT2D eigenvalue weighted by atomic mass is 9.67. The van der Waals surface area contributed by atoms with Gasteiger partial charge in [0.15, 0.2) is 0 Å². The lowest BCUT2D eigenvalue weighted by molar-refractivity contribution is 0.102. The first-order valence-electron chi connectivity index (χ1n) is 12.9. The topological polar surface area (TPSA) is 3.24 Å². The minimum atomic E-state index is -1.34. The van der Waals surface area contributed by atoms with Crippen LogP contribution in [0.3, 0.4) is 0 Å². The van der Waals surface area contributed by atoms with Crippen LogP contribution >= 0.6 is 34.8 Å². The van der Waals surface area contributed by atoms with Crippen molar-refractivity contribution in [2.24, 2.45) is 11.3 Å². The van der Waals surface area contributed by atoms with E-state index >= 15 is 0 Å². The monoisotopic (exact) mass is 525 g/mol. The lowest BCUT2D eigenvalue weighted by Gasteiger charge is -2.46. The molecule has 0 spiro atoms. The number of hydrogen-bond donors (Lipinski definition) is 0. The van der Waals surface area contributed by atoms with Gasteiger partial charge in [0, 0.05) is 6.04 Å². The van der Waals surface area contributed by atoms with E-state index in [1.807, 2.05) is 0 Å². The molecule has 34 heavy (non-hydrogen) atoms. The molecule has 4 unspecified atom stereocenters. The van der Waals surface area contributed by atoms with Gasteiger partial charge in [0.2, 0.25) is 3.79 Å². The van der Waals surface area contributed by atoms with E-state index in [0.717, 1.165) is 19.4 Å². The highest BCUT2D eigenvalue weighted by Crippen LogP contribution is 2.46. The van der Waals surface area contributed by atoms with E-state index < -0.39 is 3.79 Å². The summed E-state index contributed by atoms with van der Waals surface area (Å²) in [7, 11) is 0. The molecular weight excluding hydrogens is 481 g/mol. The second-order valence-electron chi connectivity index (χ2n) is 11.2. The number of hydrogen-bond acceptors (Lipinski definition) is 1. The largest absolute Gasteiger partial charge is 0.289 e. The van der Waals surface area contributed by atoms with Gasteiger partial charge in [0.25, 0.3) is 0 Å². The predicted octanol–water partition coefficient (Wildman–Crippen LogP) is 9.88. The zero-order valence-electron chi connectivity index (χ0n) is 23.0. The molecule has 0 heterocycles. The van der Waals surface area contributed by atoms with Crippen LogP contribution in [-0.2, 0) is 0 Å². The van der Waals surface area contributed by atoms with Gasteiger partial charge < -0.3 is 0 Å². The Balaban J connectivity index is 2.43. The van der Waals surface area contributed by atoms with Crippen molar-refractivity contribution in [3.05, 3.63) is 57.7 Å². The number of alkyl halides is 3. The third-order valence-corrected chi connectivity index (χ3v) is 9.20. The smallest absolute Gasteiger partial charge is 0.205 e. The molecule has 5 atom stereocenters. The molecule has 4 heteroatoms. The van der Waals surface area contributed by atoms with Crippen LogP contribution < -0.4 is 0 Å². The molecule has 0 aliphatic heterocycles. The second-order valence-corrected chi connectivity index (χ2v) is 13.6. The summed E-state index contributed by atoms with van der Waals surface area (Å²) >= 11 is 19.5. The van der Waals surface area contributed by atoms with Gasteiger partial charge in [-0.05, 0) is 94.9 Å². The average Bonchev–Trinajstić information content (AvgIpc) is 2.67. The molecule has 0 fully saturated rings. The number of nitrogens with zero attached hydrogens (tertiary/aromatic N) is 1. The van der Waals surface area contributed by atoms with Crippen LogP contribution in [0.1, 0.15) is 95.9 Å². The highest BCUT2D eigenvalue weighted by atomic mass is 35.6. The third kappa shape index (κ3) is 6.84. The zero-order chi connectivity index (χ0) is 26.0. The average molecular weight is 527 g/mol. The fourth-order valence-electron chi connectivity index (χ4n) is 6.47. The first-order valence-corrected chi connectivity index (χ1v) is 14.0. The van der Waals surface area contributed by atoms with Crippen LogP contribution in [-0.4, -0.2) is 27.3 Å². The fourth-order valence-corrected chi connectivity index (χ4v) is 6.85. The molecule has 0 radical (unpaired) electrons. The minimum Gasteiger partial charge on any atom is -0.289 e. The first-order chi connectivity index (χ1) is 15.6. The molecule has 2 rings (SSSR count). The predicted molar refractivity (Wildman–Crippen MR) is 154 cm³/mol. The highest BCUT2D eigenvalue weighted by molar-refractivity contribution is 6.68. The molecule has 1 aliphatic carbocycles. The second kappa shape index (κ2) is 11.7. The van der Waals surface area contributed by atoms with E-state index in [2.05, 4.69) is 98.4 Å². The van der Waals surface area contributed by atoms with Gasteiger partial charge >= 0.3 is 0 Å². The molecule has 0 aromatic heterocycles. The van der Waals surface area contributed by atoms with Crippen LogP contribution in [0.25, 0.3) is 0 Å². The molecule has 0 bridgehead atoms. The van der Waals surface area contributed by atoms with Gasteiger partial charge in [-0.3, -0.25) is 4.90 Å². The Kier molecular flexibility index (Phi) is 10.3. The van der Waals surface area contributed by atoms with Gasteiger partial charge in [0.1, 0.15) is 0 Å². The van der Waals surface area contributed by atoms with Crippen molar-refractivity contribution in [2.45, 2.75) is 110 Å². The highest BCUT2D eigenvalue weighted by Gasteiger charge is 2.41. The van der Waals surface area contributed by atoms with Gasteiger partial charge in [-0.2, -0.15) is 0 Å². The van der Waals surface area contributed by atoms with Crippen molar-refractivity contribution < 1.29 is 0 Å². The number of rotatable bonds is 9. The molecule has 0 saturated heterocycles. The Morgan fingerprint density at radius 3 is 2.00 bits per heavy atom. The Bertz CT molecular complexity index is 887. The maximum atomic E-state index is 6.50. The van der Waals surface area contributed by atoms with E-state index in [1.54, 1.807) is 0 Å². The summed E-state index contributed by atoms with van der Waals surface area (Å²) in [6, 6.07) is 4.70. The van der Waals surface area contributed by atoms with E-state index in [0.29, 0.717) is 11.8 Å². The summed E-state index contributed by atoms with van der Waals surface area (Å²) in [5.74, 6) is 0.816. The quantitative estimate of drug-likeness (QED) is 0.289. The maximum Gasteiger partial charge on any atom is 0.205 e. The number of allylic oxidation sites excluding steroid dienone is 2. The van der Waals surface area contributed by atoms with Crippen molar-refractivity contribution in [1.29, 1.82) is 0 Å². The zero-order valence-corrected chi connectivity index (χ0v) is 25.3. The van der Waals surface area contributed by atoms with Crippen LogP contribution in [0.15, 0.2) is 35.4 Å². The van der Waals surface area contributed by atoms with Gasteiger partial charge in [-0.25, -0.2) is 0 Å². The van der Waals surface area contributed by atoms with Gasteiger partial charge in [-0.1, -0.05) is 110 Å². The molecule has 0 saturated carbocycles. The Labute approximate surface area is 224 Å². The Morgan fingerprint density at radius 2 is 1.53 bits per heavy atom. The standard InChI is InChI=1S/C30H46Cl3N/c1-11-12-29(10,25(8)27-21(4)15-19(2)16-22(27)5)13-14-34(26(9)30(31,32)33)28-23(6)17-20(3)18-24(28)7/h15-18,23,25-26,28H,11-14H2,1-10H3/t23?,25?,26?,28-,29?/m1/s1. The van der Waals surface area contributed by atoms with Crippen molar-refractivity contribution in [2.75, 3.05) is 6.54 Å². The number of aryl methyl sites for hydroxylation is 3. The number of benzene rings is 1. The fraction of sp³-hybridized carbons (Fsp3) is 0.667. The molecule has 192 valence electrons. The van der Waals surface area contributed by atoms with E-state index in [-0.39, 0.29) is 17.5 Å². The summed E-state index contributed by atoms with van der Waals surface area (Å²) in [5, 5.41) is 0. The van der Waals surface area contributed by atoms with E-state index in [9.17, 15) is 0 Å². The first kappa shape index (κ1) is 29.8. The van der Waals surface area contributed by atoms with Gasteiger partial charge in [0.05, 0.1) is 6.04 Å². The minimum absolute atomic E-state index is 0.145.